The number of aliphatic hydroxyl groups is 7. The molecule has 3 aliphatic heterocycles. The number of hydrogen-bond donors (Lipinski definition) is 14. The smallest absolute Gasteiger partial charge is 0.253 e. The van der Waals surface area contributed by atoms with Crippen molar-refractivity contribution in [1.29, 1.82) is 0 Å². The molecule has 278 valence electrons. The van der Waals surface area contributed by atoms with E-state index in [1.165, 1.54) is 0 Å². The summed E-state index contributed by atoms with van der Waals surface area (Å²) in [7, 11) is 0. The molecule has 0 radical (unpaired) electrons. The summed E-state index contributed by atoms with van der Waals surface area (Å²) in [6.07, 6.45) is -18.4. The van der Waals surface area contributed by atoms with Gasteiger partial charge in [0.25, 0.3) is 5.91 Å². The lowest BCUT2D eigenvalue weighted by molar-refractivity contribution is -0.295. The van der Waals surface area contributed by atoms with E-state index in [4.69, 9.17) is 62.8 Å². The summed E-state index contributed by atoms with van der Waals surface area (Å²) < 4.78 is 35.3. The van der Waals surface area contributed by atoms with Crippen LogP contribution in [0.4, 0.5) is 0 Å². The third kappa shape index (κ3) is 7.36. The molecule has 0 aromatic heterocycles. The number of carbonyl (C=O) groups excluding carboxylic acids is 1. The molecule has 20 atom stereocenters. The van der Waals surface area contributed by atoms with Gasteiger partial charge in [0, 0.05) is 38.0 Å². The Bertz CT molecular complexity index is 1100. The van der Waals surface area contributed by atoms with Crippen LogP contribution < -0.4 is 39.7 Å². The zero-order valence-electron chi connectivity index (χ0n) is 26.2. The van der Waals surface area contributed by atoms with E-state index in [2.05, 4.69) is 5.32 Å². The van der Waals surface area contributed by atoms with E-state index in [1.807, 2.05) is 0 Å². The second-order valence-electron chi connectivity index (χ2n) is 13.3. The third-order valence-corrected chi connectivity index (χ3v) is 9.89. The summed E-state index contributed by atoms with van der Waals surface area (Å²) in [6.45, 7) is -0.837. The van der Waals surface area contributed by atoms with Crippen LogP contribution in [-0.4, -0.2) is 183 Å². The Morgan fingerprint density at radius 3 is 1.96 bits per heavy atom. The third-order valence-electron chi connectivity index (χ3n) is 9.89. The SMILES string of the molecule is NC[C@@H]1C[C@@H](O)[C@@H](N)[C@@H](O[C@H]2[C@H](O[C@@H]3O[C@H](CO)[C@@H](O[C@H]4O[C@@H](CN)[C@@H](O)[C@H](O)[C@H]4N)[C@H]3O)[C@@H](O)[C@H](NC(=O)C3(O)CC3N)C[C@@H]2N)O1. The van der Waals surface area contributed by atoms with Crippen molar-refractivity contribution in [1.82, 2.24) is 5.32 Å². The second-order valence-corrected chi connectivity index (χ2v) is 13.3. The number of rotatable bonds is 11. The summed E-state index contributed by atoms with van der Waals surface area (Å²) in [4.78, 5) is 12.8. The normalized spacial score (nSPS) is 52.6. The molecular formula is C27H51N7O14. The maximum absolute atomic E-state index is 12.8. The van der Waals surface area contributed by atoms with Gasteiger partial charge in [0.05, 0.1) is 36.9 Å². The van der Waals surface area contributed by atoms with Crippen LogP contribution in [-0.2, 0) is 33.2 Å². The van der Waals surface area contributed by atoms with Crippen molar-refractivity contribution in [3.8, 4) is 0 Å². The molecule has 3 saturated heterocycles. The topological polar surface area (TPSA) is 382 Å². The van der Waals surface area contributed by atoms with Crippen molar-refractivity contribution in [2.75, 3.05) is 19.7 Å². The molecule has 0 aromatic carbocycles. The predicted octanol–water partition coefficient (Wildman–Crippen LogP) is -9.25. The molecule has 5 aliphatic rings. The molecule has 21 heteroatoms. The van der Waals surface area contributed by atoms with Crippen molar-refractivity contribution in [2.24, 2.45) is 34.4 Å². The van der Waals surface area contributed by atoms with Gasteiger partial charge in [-0.05, 0) is 6.42 Å². The van der Waals surface area contributed by atoms with Gasteiger partial charge < -0.3 is 104 Å². The van der Waals surface area contributed by atoms with E-state index < -0.39 is 134 Å². The minimum Gasteiger partial charge on any atom is -0.394 e. The highest BCUT2D eigenvalue weighted by atomic mass is 16.8. The highest BCUT2D eigenvalue weighted by Gasteiger charge is 2.59. The van der Waals surface area contributed by atoms with E-state index in [-0.39, 0.29) is 32.4 Å². The van der Waals surface area contributed by atoms with Crippen molar-refractivity contribution in [2.45, 2.75) is 141 Å². The Morgan fingerprint density at radius 2 is 1.35 bits per heavy atom. The average Bonchev–Trinajstić information content (AvgIpc) is 3.58. The molecule has 5 rings (SSSR count). The van der Waals surface area contributed by atoms with Crippen LogP contribution in [0.25, 0.3) is 0 Å². The molecular weight excluding hydrogens is 646 g/mol. The first kappa shape index (κ1) is 38.0. The molecule has 20 N–H and O–H groups in total. The van der Waals surface area contributed by atoms with E-state index in [1.54, 1.807) is 0 Å². The standard InChI is InChI=1S/C27H51N7O14/c28-4-7-1-10(36)14(32)23(43-7)46-20-8(30)2-9(34-26(41)27(42)3-13(27)31)16(37)22(20)48-25-19(40)21(12(6-35)45-25)47-24-15(33)18(39)17(38)11(5-29)44-24/h7-25,35-40,42H,1-6,28-33H2,(H,34,41)/t7-,8-,9+,10+,11-,12+,13?,14+,15+,16-,17+,18+,19+,20+,21+,22+,23+,24+,25-,27?/m0/s1. The molecule has 5 fully saturated rings. The first-order chi connectivity index (χ1) is 22.6. The largest absolute Gasteiger partial charge is 0.394 e. The van der Waals surface area contributed by atoms with Crippen LogP contribution in [0.2, 0.25) is 0 Å². The van der Waals surface area contributed by atoms with Crippen molar-refractivity contribution in [3.63, 3.8) is 0 Å². The van der Waals surface area contributed by atoms with Crippen molar-refractivity contribution in [3.05, 3.63) is 0 Å². The summed E-state index contributed by atoms with van der Waals surface area (Å²) in [5.41, 5.74) is 34.0. The second kappa shape index (κ2) is 15.1. The summed E-state index contributed by atoms with van der Waals surface area (Å²) in [5.74, 6) is -0.825. The minimum absolute atomic E-state index is 0.0172. The van der Waals surface area contributed by atoms with Crippen molar-refractivity contribution >= 4 is 5.91 Å². The quantitative estimate of drug-likeness (QED) is 0.0952. The van der Waals surface area contributed by atoms with E-state index in [0.29, 0.717) is 0 Å². The first-order valence-corrected chi connectivity index (χ1v) is 16.0. The highest BCUT2D eigenvalue weighted by Crippen LogP contribution is 2.37. The van der Waals surface area contributed by atoms with Gasteiger partial charge in [-0.1, -0.05) is 0 Å². The number of nitrogens with one attached hydrogen (secondary N) is 1. The Morgan fingerprint density at radius 1 is 0.750 bits per heavy atom. The van der Waals surface area contributed by atoms with Gasteiger partial charge in [-0.2, -0.15) is 0 Å². The van der Waals surface area contributed by atoms with Crippen LogP contribution in [0, 0.1) is 0 Å². The zero-order valence-corrected chi connectivity index (χ0v) is 26.2. The number of carbonyl (C=O) groups is 1. The number of ether oxygens (including phenoxy) is 6. The average molecular weight is 698 g/mol. The van der Waals surface area contributed by atoms with Crippen LogP contribution in [0.1, 0.15) is 19.3 Å². The lowest BCUT2D eigenvalue weighted by atomic mass is 9.83. The summed E-state index contributed by atoms with van der Waals surface area (Å²) in [6, 6.07) is -5.21. The molecule has 48 heavy (non-hydrogen) atoms. The molecule has 0 bridgehead atoms. The number of aliphatic hydroxyl groups excluding tert-OH is 6. The molecule has 0 aromatic rings. The Balaban J connectivity index is 1.36. The van der Waals surface area contributed by atoms with Crippen LogP contribution >= 0.6 is 0 Å². The number of nitrogens with two attached hydrogens (primary N) is 6. The molecule has 21 nitrogen and oxygen atoms in total. The van der Waals surface area contributed by atoms with Crippen LogP contribution in [0.15, 0.2) is 0 Å². The molecule has 2 saturated carbocycles. The lowest BCUT2D eigenvalue weighted by Gasteiger charge is -2.47. The molecule has 1 amide bonds. The molecule has 3 heterocycles. The van der Waals surface area contributed by atoms with E-state index in [9.17, 15) is 40.5 Å². The van der Waals surface area contributed by atoms with Gasteiger partial charge in [0.2, 0.25) is 0 Å². The van der Waals surface area contributed by atoms with Gasteiger partial charge in [-0.3, -0.25) is 4.79 Å². The molecule has 2 unspecified atom stereocenters. The summed E-state index contributed by atoms with van der Waals surface area (Å²) in [5, 5.41) is 77.0. The number of hydrogen-bond acceptors (Lipinski definition) is 20. The van der Waals surface area contributed by atoms with Crippen LogP contribution in [0.5, 0.6) is 0 Å². The maximum Gasteiger partial charge on any atom is 0.253 e. The van der Waals surface area contributed by atoms with E-state index >= 15 is 0 Å². The fraction of sp³-hybridized carbons (Fsp3) is 0.963. The van der Waals surface area contributed by atoms with Gasteiger partial charge in [-0.25, -0.2) is 0 Å². The molecule has 2 aliphatic carbocycles. The molecule has 0 spiro atoms. The first-order valence-electron chi connectivity index (χ1n) is 16.0. The minimum atomic E-state index is -1.82. The highest BCUT2D eigenvalue weighted by molar-refractivity contribution is 5.89. The van der Waals surface area contributed by atoms with E-state index in [0.717, 1.165) is 0 Å². The maximum atomic E-state index is 12.8. The fourth-order valence-electron chi connectivity index (χ4n) is 6.63. The van der Waals surface area contributed by atoms with Crippen LogP contribution in [0.3, 0.4) is 0 Å². The Hall–Kier alpha value is -1.29. The Kier molecular flexibility index (Phi) is 12.0. The fourth-order valence-corrected chi connectivity index (χ4v) is 6.63. The van der Waals surface area contributed by atoms with Gasteiger partial charge in [0.15, 0.2) is 24.5 Å². The lowest BCUT2D eigenvalue weighted by Crippen LogP contribution is -2.68. The van der Waals surface area contributed by atoms with Gasteiger partial charge in [-0.15, -0.1) is 0 Å². The Labute approximate surface area is 275 Å². The predicted molar refractivity (Wildman–Crippen MR) is 158 cm³/mol. The van der Waals surface area contributed by atoms with Crippen molar-refractivity contribution < 1.29 is 69.0 Å². The van der Waals surface area contributed by atoms with Gasteiger partial charge >= 0.3 is 0 Å². The van der Waals surface area contributed by atoms with Gasteiger partial charge in [0.1, 0.15) is 54.9 Å². The zero-order chi connectivity index (χ0) is 35.2. The monoisotopic (exact) mass is 697 g/mol. The summed E-state index contributed by atoms with van der Waals surface area (Å²) >= 11 is 0. The number of amides is 1.